The third-order valence-corrected chi connectivity index (χ3v) is 3.21. The van der Waals surface area contributed by atoms with E-state index in [1.165, 1.54) is 0 Å². The number of benzene rings is 1. The zero-order chi connectivity index (χ0) is 14.5. The quantitative estimate of drug-likeness (QED) is 0.709. The van der Waals surface area contributed by atoms with Crippen molar-refractivity contribution in [1.29, 1.82) is 0 Å². The molecule has 3 N–H and O–H groups in total. The highest BCUT2D eigenvalue weighted by molar-refractivity contribution is 5.92. The van der Waals surface area contributed by atoms with E-state index in [4.69, 9.17) is 0 Å². The Labute approximate surface area is 116 Å². The standard InChI is InChI=1S/C14H16N2O4/c17-12-7-6-10(15-12)13(18)16-11(14(19)20)8-9-4-2-1-3-5-9/h1-5,10-11H,6-8H2,(H,15,17)(H,16,18)(H,19,20). The van der Waals surface area contributed by atoms with E-state index in [0.717, 1.165) is 5.56 Å². The van der Waals surface area contributed by atoms with E-state index in [9.17, 15) is 19.5 Å². The summed E-state index contributed by atoms with van der Waals surface area (Å²) in [6, 6.07) is 7.45. The van der Waals surface area contributed by atoms with Gasteiger partial charge in [-0.2, -0.15) is 0 Å². The predicted molar refractivity (Wildman–Crippen MR) is 70.9 cm³/mol. The Morgan fingerprint density at radius 2 is 2.05 bits per heavy atom. The lowest BCUT2D eigenvalue weighted by Crippen LogP contribution is -2.49. The average molecular weight is 276 g/mol. The summed E-state index contributed by atoms with van der Waals surface area (Å²) in [4.78, 5) is 34.2. The van der Waals surface area contributed by atoms with Crippen LogP contribution in [-0.4, -0.2) is 35.0 Å². The highest BCUT2D eigenvalue weighted by Gasteiger charge is 2.30. The summed E-state index contributed by atoms with van der Waals surface area (Å²) in [5, 5.41) is 14.2. The van der Waals surface area contributed by atoms with Gasteiger partial charge < -0.3 is 15.7 Å². The fourth-order valence-corrected chi connectivity index (χ4v) is 2.13. The first-order valence-electron chi connectivity index (χ1n) is 6.42. The topological polar surface area (TPSA) is 95.5 Å². The number of carbonyl (C=O) groups excluding carboxylic acids is 2. The Hall–Kier alpha value is -2.37. The van der Waals surface area contributed by atoms with E-state index in [2.05, 4.69) is 10.6 Å². The SMILES string of the molecule is O=C1CCC(C(=O)NC(Cc2ccccc2)C(=O)O)N1. The zero-order valence-corrected chi connectivity index (χ0v) is 10.8. The molecule has 1 aliphatic heterocycles. The van der Waals surface area contributed by atoms with Crippen molar-refractivity contribution in [2.75, 3.05) is 0 Å². The molecule has 1 aromatic rings. The van der Waals surface area contributed by atoms with Crippen molar-refractivity contribution in [1.82, 2.24) is 10.6 Å². The third kappa shape index (κ3) is 3.57. The van der Waals surface area contributed by atoms with Crippen molar-refractivity contribution in [2.45, 2.75) is 31.3 Å². The van der Waals surface area contributed by atoms with Gasteiger partial charge in [-0.3, -0.25) is 9.59 Å². The summed E-state index contributed by atoms with van der Waals surface area (Å²) in [7, 11) is 0. The summed E-state index contributed by atoms with van der Waals surface area (Å²) in [5.41, 5.74) is 0.829. The highest BCUT2D eigenvalue weighted by Crippen LogP contribution is 2.08. The van der Waals surface area contributed by atoms with Crippen molar-refractivity contribution >= 4 is 17.8 Å². The first-order chi connectivity index (χ1) is 9.56. The fraction of sp³-hybridized carbons (Fsp3) is 0.357. The summed E-state index contributed by atoms with van der Waals surface area (Å²) >= 11 is 0. The molecule has 1 aliphatic rings. The molecule has 6 nitrogen and oxygen atoms in total. The molecular weight excluding hydrogens is 260 g/mol. The molecule has 0 aliphatic carbocycles. The van der Waals surface area contributed by atoms with Gasteiger partial charge in [0.2, 0.25) is 11.8 Å². The first-order valence-corrected chi connectivity index (χ1v) is 6.42. The van der Waals surface area contributed by atoms with Crippen molar-refractivity contribution in [3.63, 3.8) is 0 Å². The predicted octanol–water partition coefficient (Wildman–Crippen LogP) is 0.0771. The molecule has 1 aromatic carbocycles. The monoisotopic (exact) mass is 276 g/mol. The van der Waals surface area contributed by atoms with Gasteiger partial charge in [-0.1, -0.05) is 30.3 Å². The maximum absolute atomic E-state index is 11.9. The molecule has 1 fully saturated rings. The van der Waals surface area contributed by atoms with Crippen LogP contribution < -0.4 is 10.6 Å². The molecule has 1 heterocycles. The maximum Gasteiger partial charge on any atom is 0.326 e. The zero-order valence-electron chi connectivity index (χ0n) is 10.8. The van der Waals surface area contributed by atoms with Crippen molar-refractivity contribution in [3.8, 4) is 0 Å². The molecule has 2 unspecified atom stereocenters. The molecule has 0 saturated carbocycles. The van der Waals surface area contributed by atoms with Gasteiger partial charge in [0, 0.05) is 12.8 Å². The average Bonchev–Trinajstić information content (AvgIpc) is 2.86. The molecule has 2 rings (SSSR count). The number of carboxylic acid groups (broad SMARTS) is 1. The number of hydrogen-bond acceptors (Lipinski definition) is 3. The molecule has 106 valence electrons. The van der Waals surface area contributed by atoms with Crippen LogP contribution >= 0.6 is 0 Å². The minimum Gasteiger partial charge on any atom is -0.480 e. The molecule has 2 atom stereocenters. The van der Waals surface area contributed by atoms with E-state index in [-0.39, 0.29) is 12.3 Å². The fourth-order valence-electron chi connectivity index (χ4n) is 2.13. The van der Waals surface area contributed by atoms with Crippen molar-refractivity contribution in [3.05, 3.63) is 35.9 Å². The van der Waals surface area contributed by atoms with Crippen LogP contribution in [0.4, 0.5) is 0 Å². The Kier molecular flexibility index (Phi) is 4.34. The van der Waals surface area contributed by atoms with Gasteiger partial charge in [0.05, 0.1) is 0 Å². The largest absolute Gasteiger partial charge is 0.480 e. The van der Waals surface area contributed by atoms with Gasteiger partial charge in [0.15, 0.2) is 0 Å². The van der Waals surface area contributed by atoms with E-state index in [0.29, 0.717) is 12.8 Å². The molecule has 2 amide bonds. The van der Waals surface area contributed by atoms with Crippen LogP contribution in [0.2, 0.25) is 0 Å². The second-order valence-corrected chi connectivity index (χ2v) is 4.75. The van der Waals surface area contributed by atoms with Gasteiger partial charge in [-0.25, -0.2) is 4.79 Å². The van der Waals surface area contributed by atoms with Gasteiger partial charge >= 0.3 is 5.97 Å². The van der Waals surface area contributed by atoms with E-state index < -0.39 is 24.0 Å². The van der Waals surface area contributed by atoms with E-state index >= 15 is 0 Å². The minimum absolute atomic E-state index is 0.180. The summed E-state index contributed by atoms with van der Waals surface area (Å²) in [6.45, 7) is 0. The summed E-state index contributed by atoms with van der Waals surface area (Å²) in [5.74, 6) is -1.72. The van der Waals surface area contributed by atoms with Gasteiger partial charge in [0.25, 0.3) is 0 Å². The Morgan fingerprint density at radius 3 is 2.60 bits per heavy atom. The smallest absolute Gasteiger partial charge is 0.326 e. The van der Waals surface area contributed by atoms with Gasteiger partial charge in [0.1, 0.15) is 12.1 Å². The maximum atomic E-state index is 11.9. The van der Waals surface area contributed by atoms with Crippen molar-refractivity contribution < 1.29 is 19.5 Å². The molecule has 0 aromatic heterocycles. The Morgan fingerprint density at radius 1 is 1.35 bits per heavy atom. The number of aliphatic carboxylic acids is 1. The van der Waals surface area contributed by atoms with Crippen LogP contribution in [0.3, 0.4) is 0 Å². The molecule has 6 heteroatoms. The molecule has 0 spiro atoms. The highest BCUT2D eigenvalue weighted by atomic mass is 16.4. The number of nitrogens with one attached hydrogen (secondary N) is 2. The van der Waals surface area contributed by atoms with E-state index in [1.807, 2.05) is 18.2 Å². The number of amides is 2. The molecule has 0 radical (unpaired) electrons. The second kappa shape index (κ2) is 6.18. The number of hydrogen-bond donors (Lipinski definition) is 3. The van der Waals surface area contributed by atoms with Crippen LogP contribution in [0.5, 0.6) is 0 Å². The molecular formula is C14H16N2O4. The lowest BCUT2D eigenvalue weighted by molar-refractivity contribution is -0.142. The van der Waals surface area contributed by atoms with Crippen LogP contribution in [-0.2, 0) is 20.8 Å². The van der Waals surface area contributed by atoms with Crippen LogP contribution in [0.1, 0.15) is 18.4 Å². The third-order valence-electron chi connectivity index (χ3n) is 3.21. The lowest BCUT2D eigenvalue weighted by Gasteiger charge is -2.17. The van der Waals surface area contributed by atoms with Crippen LogP contribution in [0.15, 0.2) is 30.3 Å². The number of carboxylic acids is 1. The van der Waals surface area contributed by atoms with Crippen LogP contribution in [0, 0.1) is 0 Å². The Balaban J connectivity index is 1.97. The first kappa shape index (κ1) is 14.0. The van der Waals surface area contributed by atoms with Gasteiger partial charge in [-0.15, -0.1) is 0 Å². The Bertz CT molecular complexity index is 515. The molecule has 1 saturated heterocycles. The van der Waals surface area contributed by atoms with E-state index in [1.54, 1.807) is 12.1 Å². The van der Waals surface area contributed by atoms with Crippen molar-refractivity contribution in [2.24, 2.45) is 0 Å². The minimum atomic E-state index is -1.09. The molecule has 0 bridgehead atoms. The summed E-state index contributed by atoms with van der Waals surface area (Å²) < 4.78 is 0. The normalized spacial score (nSPS) is 19.2. The molecule has 20 heavy (non-hydrogen) atoms. The van der Waals surface area contributed by atoms with Gasteiger partial charge in [-0.05, 0) is 12.0 Å². The summed E-state index contributed by atoms with van der Waals surface area (Å²) in [6.07, 6.45) is 0.916. The number of rotatable bonds is 5. The lowest BCUT2D eigenvalue weighted by atomic mass is 10.1. The second-order valence-electron chi connectivity index (χ2n) is 4.75. The van der Waals surface area contributed by atoms with Crippen LogP contribution in [0.25, 0.3) is 0 Å². The number of carbonyl (C=O) groups is 3.